The first-order valence-electron chi connectivity index (χ1n) is 5.92. The predicted octanol–water partition coefficient (Wildman–Crippen LogP) is 2.72. The van der Waals surface area contributed by atoms with Crippen LogP contribution in [0.4, 0.5) is 5.82 Å². The van der Waals surface area contributed by atoms with Gasteiger partial charge in [-0.1, -0.05) is 30.3 Å². The summed E-state index contributed by atoms with van der Waals surface area (Å²) in [5.41, 5.74) is 1.77. The molecule has 0 aliphatic heterocycles. The lowest BCUT2D eigenvalue weighted by Crippen LogP contribution is -2.08. The van der Waals surface area contributed by atoms with E-state index in [1.165, 1.54) is 23.7 Å². The Bertz CT molecular complexity index is 578. The molecule has 1 heterocycles. The summed E-state index contributed by atoms with van der Waals surface area (Å²) in [5, 5.41) is 13.1. The van der Waals surface area contributed by atoms with Crippen LogP contribution in [0, 0.1) is 11.3 Å². The second-order valence-electron chi connectivity index (χ2n) is 3.88. The van der Waals surface area contributed by atoms with Crippen LogP contribution >= 0.6 is 11.8 Å². The summed E-state index contributed by atoms with van der Waals surface area (Å²) in [6.07, 6.45) is 4.28. The van der Waals surface area contributed by atoms with Crippen molar-refractivity contribution >= 4 is 17.6 Å². The largest absolute Gasteiger partial charge is 0.369 e. The van der Waals surface area contributed by atoms with Gasteiger partial charge in [-0.2, -0.15) is 5.26 Å². The minimum Gasteiger partial charge on any atom is -0.369 e. The van der Waals surface area contributed by atoms with Crippen molar-refractivity contribution in [3.63, 3.8) is 0 Å². The van der Waals surface area contributed by atoms with Gasteiger partial charge >= 0.3 is 0 Å². The molecule has 4 nitrogen and oxygen atoms in total. The summed E-state index contributed by atoms with van der Waals surface area (Å²) in [5.74, 6) is 0.609. The number of hydrogen-bond acceptors (Lipinski definition) is 5. The molecule has 1 aromatic carbocycles. The van der Waals surface area contributed by atoms with Crippen molar-refractivity contribution < 1.29 is 0 Å². The maximum Gasteiger partial charge on any atom is 0.148 e. The Kier molecular flexibility index (Phi) is 4.76. The Balaban J connectivity index is 2.02. The summed E-state index contributed by atoms with van der Waals surface area (Å²) >= 11 is 1.45. The molecule has 2 rings (SSSR count). The quantitative estimate of drug-likeness (QED) is 0.668. The SMILES string of the molecule is CSc1ncnc(NCCc2ccccc2)c1C#N. The Morgan fingerprint density at radius 1 is 1.26 bits per heavy atom. The number of nitriles is 1. The summed E-state index contributed by atoms with van der Waals surface area (Å²) in [6.45, 7) is 0.740. The molecule has 0 atom stereocenters. The van der Waals surface area contributed by atoms with Crippen LogP contribution in [0.2, 0.25) is 0 Å². The van der Waals surface area contributed by atoms with Gasteiger partial charge in [0.15, 0.2) is 0 Å². The van der Waals surface area contributed by atoms with Crippen molar-refractivity contribution in [2.24, 2.45) is 0 Å². The van der Waals surface area contributed by atoms with Gasteiger partial charge in [-0.3, -0.25) is 0 Å². The Morgan fingerprint density at radius 2 is 2.05 bits per heavy atom. The van der Waals surface area contributed by atoms with Gasteiger partial charge in [-0.15, -0.1) is 11.8 Å². The zero-order valence-corrected chi connectivity index (χ0v) is 11.4. The van der Waals surface area contributed by atoms with Crippen molar-refractivity contribution in [2.45, 2.75) is 11.4 Å². The van der Waals surface area contributed by atoms with Gasteiger partial charge in [0.2, 0.25) is 0 Å². The standard InChI is InChI=1S/C14H14N4S/c1-19-14-12(9-15)13(17-10-18-14)16-8-7-11-5-3-2-4-6-11/h2-6,10H,7-8H2,1H3,(H,16,17,18). The molecule has 5 heteroatoms. The van der Waals surface area contributed by atoms with Gasteiger partial charge < -0.3 is 5.32 Å². The van der Waals surface area contributed by atoms with Crippen LogP contribution in [0.5, 0.6) is 0 Å². The van der Waals surface area contributed by atoms with Crippen LogP contribution in [0.3, 0.4) is 0 Å². The highest BCUT2D eigenvalue weighted by Gasteiger charge is 2.09. The Labute approximate surface area is 116 Å². The molecule has 0 aliphatic rings. The molecule has 0 spiro atoms. The van der Waals surface area contributed by atoms with Crippen molar-refractivity contribution in [2.75, 3.05) is 18.1 Å². The fourth-order valence-electron chi connectivity index (χ4n) is 1.73. The van der Waals surface area contributed by atoms with Crippen LogP contribution in [0.15, 0.2) is 41.7 Å². The topological polar surface area (TPSA) is 61.6 Å². The number of anilines is 1. The van der Waals surface area contributed by atoms with Crippen LogP contribution in [-0.4, -0.2) is 22.8 Å². The molecule has 1 aromatic heterocycles. The minimum atomic E-state index is 0.517. The minimum absolute atomic E-state index is 0.517. The van der Waals surface area contributed by atoms with Gasteiger partial charge in [-0.05, 0) is 18.2 Å². The highest BCUT2D eigenvalue weighted by Crippen LogP contribution is 2.21. The molecular formula is C14H14N4S. The lowest BCUT2D eigenvalue weighted by Gasteiger charge is -2.08. The lowest BCUT2D eigenvalue weighted by molar-refractivity contribution is 0.972. The summed E-state index contributed by atoms with van der Waals surface area (Å²) in [4.78, 5) is 8.22. The number of nitrogens with zero attached hydrogens (tertiary/aromatic N) is 3. The normalized spacial score (nSPS) is 9.89. The molecule has 2 aromatic rings. The van der Waals surface area contributed by atoms with E-state index in [2.05, 4.69) is 33.5 Å². The average molecular weight is 270 g/mol. The van der Waals surface area contributed by atoms with E-state index in [1.54, 1.807) is 0 Å². The first-order valence-corrected chi connectivity index (χ1v) is 7.14. The molecular weight excluding hydrogens is 256 g/mol. The fraction of sp³-hybridized carbons (Fsp3) is 0.214. The molecule has 0 unspecified atom stereocenters. The molecule has 0 aliphatic carbocycles. The van der Waals surface area contributed by atoms with E-state index in [-0.39, 0.29) is 0 Å². The number of benzene rings is 1. The molecule has 19 heavy (non-hydrogen) atoms. The third kappa shape index (κ3) is 3.46. The number of hydrogen-bond donors (Lipinski definition) is 1. The summed E-state index contributed by atoms with van der Waals surface area (Å²) < 4.78 is 0. The maximum atomic E-state index is 9.16. The van der Waals surface area contributed by atoms with Crippen LogP contribution in [0.25, 0.3) is 0 Å². The van der Waals surface area contributed by atoms with Gasteiger partial charge in [0, 0.05) is 6.54 Å². The molecule has 96 valence electrons. The molecule has 0 amide bonds. The predicted molar refractivity (Wildman–Crippen MR) is 77.2 cm³/mol. The van der Waals surface area contributed by atoms with Gasteiger partial charge in [0.25, 0.3) is 0 Å². The van der Waals surface area contributed by atoms with Crippen LogP contribution in [-0.2, 0) is 6.42 Å². The monoisotopic (exact) mass is 270 g/mol. The van der Waals surface area contributed by atoms with E-state index in [1.807, 2.05) is 24.5 Å². The first-order chi connectivity index (χ1) is 9.35. The van der Waals surface area contributed by atoms with Gasteiger partial charge in [-0.25, -0.2) is 9.97 Å². The lowest BCUT2D eigenvalue weighted by atomic mass is 10.1. The van der Waals surface area contributed by atoms with Gasteiger partial charge in [0.1, 0.15) is 28.8 Å². The van der Waals surface area contributed by atoms with Crippen LogP contribution < -0.4 is 5.32 Å². The van der Waals surface area contributed by atoms with Crippen molar-refractivity contribution in [3.8, 4) is 6.07 Å². The summed E-state index contributed by atoms with van der Waals surface area (Å²) in [6, 6.07) is 12.4. The number of nitrogens with one attached hydrogen (secondary N) is 1. The van der Waals surface area contributed by atoms with E-state index < -0.39 is 0 Å². The van der Waals surface area contributed by atoms with E-state index in [9.17, 15) is 0 Å². The van der Waals surface area contributed by atoms with E-state index in [0.717, 1.165) is 13.0 Å². The number of rotatable bonds is 5. The molecule has 0 fully saturated rings. The highest BCUT2D eigenvalue weighted by molar-refractivity contribution is 7.98. The first kappa shape index (κ1) is 13.4. The number of aromatic nitrogens is 2. The second kappa shape index (κ2) is 6.76. The Hall–Kier alpha value is -2.06. The average Bonchev–Trinajstić information content (AvgIpc) is 2.48. The summed E-state index contributed by atoms with van der Waals surface area (Å²) in [7, 11) is 0. The maximum absolute atomic E-state index is 9.16. The molecule has 0 saturated carbocycles. The van der Waals surface area contributed by atoms with Crippen molar-refractivity contribution in [3.05, 3.63) is 47.8 Å². The number of thioether (sulfide) groups is 1. The van der Waals surface area contributed by atoms with Crippen molar-refractivity contribution in [1.29, 1.82) is 5.26 Å². The Morgan fingerprint density at radius 3 is 2.74 bits per heavy atom. The second-order valence-corrected chi connectivity index (χ2v) is 4.68. The molecule has 0 bridgehead atoms. The third-order valence-electron chi connectivity index (χ3n) is 2.67. The molecule has 0 saturated heterocycles. The van der Waals surface area contributed by atoms with E-state index in [0.29, 0.717) is 16.4 Å². The van der Waals surface area contributed by atoms with Crippen molar-refractivity contribution in [1.82, 2.24) is 9.97 Å². The van der Waals surface area contributed by atoms with Gasteiger partial charge in [0.05, 0.1) is 0 Å². The fourth-order valence-corrected chi connectivity index (χ4v) is 2.23. The van der Waals surface area contributed by atoms with Crippen LogP contribution in [0.1, 0.15) is 11.1 Å². The zero-order valence-electron chi connectivity index (χ0n) is 10.6. The zero-order chi connectivity index (χ0) is 13.5. The molecule has 0 radical (unpaired) electrons. The highest BCUT2D eigenvalue weighted by atomic mass is 32.2. The molecule has 1 N–H and O–H groups in total. The van der Waals surface area contributed by atoms with E-state index in [4.69, 9.17) is 5.26 Å². The smallest absolute Gasteiger partial charge is 0.148 e. The van der Waals surface area contributed by atoms with E-state index >= 15 is 0 Å². The third-order valence-corrected chi connectivity index (χ3v) is 3.36.